The van der Waals surface area contributed by atoms with Crippen LogP contribution < -0.4 is 11.1 Å². The van der Waals surface area contributed by atoms with Crippen LogP contribution in [0.2, 0.25) is 0 Å². The van der Waals surface area contributed by atoms with Gasteiger partial charge in [0, 0.05) is 25.4 Å². The molecule has 1 aromatic rings. The minimum Gasteiger partial charge on any atom is -0.383 e. The van der Waals surface area contributed by atoms with E-state index < -0.39 is 0 Å². The van der Waals surface area contributed by atoms with Crippen LogP contribution in [-0.2, 0) is 11.3 Å². The molecule has 0 spiro atoms. The van der Waals surface area contributed by atoms with Crippen LogP contribution in [0, 0.1) is 0 Å². The largest absolute Gasteiger partial charge is 0.383 e. The van der Waals surface area contributed by atoms with Crippen LogP contribution in [0.3, 0.4) is 0 Å². The van der Waals surface area contributed by atoms with Gasteiger partial charge in [-0.1, -0.05) is 12.1 Å². The highest BCUT2D eigenvalue weighted by atomic mass is 16.5. The molecular formula is C15H27N3O. The summed E-state index contributed by atoms with van der Waals surface area (Å²) in [6, 6.07) is 8.86. The standard InChI is InChI=1S/C15H27N3O/c1-18(2)11-13-6-4-7-14(10-13)17-15(12-19-3)8-5-9-16/h4,6-7,10,15,17H,5,8-9,11-12,16H2,1-3H3. The van der Waals surface area contributed by atoms with Crippen molar-refractivity contribution in [2.75, 3.05) is 39.7 Å². The van der Waals surface area contributed by atoms with Gasteiger partial charge in [0.05, 0.1) is 6.61 Å². The van der Waals surface area contributed by atoms with Gasteiger partial charge >= 0.3 is 0 Å². The Hall–Kier alpha value is -1.10. The van der Waals surface area contributed by atoms with Crippen molar-refractivity contribution in [2.45, 2.75) is 25.4 Å². The molecule has 3 N–H and O–H groups in total. The zero-order chi connectivity index (χ0) is 14.1. The summed E-state index contributed by atoms with van der Waals surface area (Å²) in [5.74, 6) is 0. The average molecular weight is 265 g/mol. The molecule has 4 nitrogen and oxygen atoms in total. The number of nitrogens with two attached hydrogens (primary N) is 1. The van der Waals surface area contributed by atoms with Gasteiger partial charge in [0.25, 0.3) is 0 Å². The molecule has 4 heteroatoms. The number of benzene rings is 1. The number of methoxy groups -OCH3 is 1. The highest BCUT2D eigenvalue weighted by Crippen LogP contribution is 2.14. The maximum absolute atomic E-state index is 5.57. The third-order valence-corrected chi connectivity index (χ3v) is 2.92. The quantitative estimate of drug-likeness (QED) is 0.716. The van der Waals surface area contributed by atoms with E-state index in [0.717, 1.165) is 31.6 Å². The fourth-order valence-electron chi connectivity index (χ4n) is 2.12. The van der Waals surface area contributed by atoms with E-state index >= 15 is 0 Å². The van der Waals surface area contributed by atoms with Crippen LogP contribution in [0.5, 0.6) is 0 Å². The molecule has 0 radical (unpaired) electrons. The van der Waals surface area contributed by atoms with Crippen LogP contribution in [0.15, 0.2) is 24.3 Å². The smallest absolute Gasteiger partial charge is 0.0664 e. The Balaban J connectivity index is 2.61. The van der Waals surface area contributed by atoms with Gasteiger partial charge < -0.3 is 20.7 Å². The predicted octanol–water partition coefficient (Wildman–Crippen LogP) is 1.91. The molecule has 1 unspecified atom stereocenters. The van der Waals surface area contributed by atoms with Crippen molar-refractivity contribution in [1.29, 1.82) is 0 Å². The topological polar surface area (TPSA) is 50.5 Å². The third kappa shape index (κ3) is 6.57. The summed E-state index contributed by atoms with van der Waals surface area (Å²) < 4.78 is 5.26. The fourth-order valence-corrected chi connectivity index (χ4v) is 2.12. The number of hydrogen-bond acceptors (Lipinski definition) is 4. The Bertz CT molecular complexity index is 355. The van der Waals surface area contributed by atoms with Crippen molar-refractivity contribution in [3.63, 3.8) is 0 Å². The molecule has 1 aromatic carbocycles. The van der Waals surface area contributed by atoms with E-state index in [1.165, 1.54) is 5.56 Å². The van der Waals surface area contributed by atoms with Crippen molar-refractivity contribution in [2.24, 2.45) is 5.73 Å². The number of anilines is 1. The van der Waals surface area contributed by atoms with Gasteiger partial charge in [-0.25, -0.2) is 0 Å². The van der Waals surface area contributed by atoms with Crippen molar-refractivity contribution in [3.05, 3.63) is 29.8 Å². The Morgan fingerprint density at radius 1 is 1.37 bits per heavy atom. The zero-order valence-corrected chi connectivity index (χ0v) is 12.4. The van der Waals surface area contributed by atoms with Crippen LogP contribution in [0.4, 0.5) is 5.69 Å². The van der Waals surface area contributed by atoms with E-state index in [9.17, 15) is 0 Å². The Labute approximate surface area is 116 Å². The number of ether oxygens (including phenoxy) is 1. The van der Waals surface area contributed by atoms with Gasteiger partial charge in [0.2, 0.25) is 0 Å². The summed E-state index contributed by atoms with van der Waals surface area (Å²) in [6.07, 6.45) is 2.04. The molecule has 0 amide bonds. The predicted molar refractivity (Wildman–Crippen MR) is 81.4 cm³/mol. The Morgan fingerprint density at radius 3 is 2.79 bits per heavy atom. The highest BCUT2D eigenvalue weighted by molar-refractivity contribution is 5.46. The van der Waals surface area contributed by atoms with Crippen LogP contribution in [0.1, 0.15) is 18.4 Å². The normalized spacial score (nSPS) is 12.7. The first kappa shape index (κ1) is 16.0. The number of hydrogen-bond donors (Lipinski definition) is 2. The fraction of sp³-hybridized carbons (Fsp3) is 0.600. The monoisotopic (exact) mass is 265 g/mol. The van der Waals surface area contributed by atoms with Gasteiger partial charge in [0.1, 0.15) is 0 Å². The summed E-state index contributed by atoms with van der Waals surface area (Å²) in [4.78, 5) is 2.17. The first-order valence-corrected chi connectivity index (χ1v) is 6.85. The van der Waals surface area contributed by atoms with E-state index in [4.69, 9.17) is 10.5 Å². The van der Waals surface area contributed by atoms with E-state index in [0.29, 0.717) is 12.6 Å². The summed E-state index contributed by atoms with van der Waals surface area (Å²) in [7, 11) is 5.89. The minimum atomic E-state index is 0.322. The summed E-state index contributed by atoms with van der Waals surface area (Å²) >= 11 is 0. The minimum absolute atomic E-state index is 0.322. The second kappa shape index (κ2) is 8.91. The first-order valence-electron chi connectivity index (χ1n) is 6.85. The molecule has 0 aromatic heterocycles. The first-order chi connectivity index (χ1) is 9.15. The maximum atomic E-state index is 5.57. The molecule has 0 aliphatic rings. The molecule has 0 heterocycles. The van der Waals surface area contributed by atoms with Gasteiger partial charge in [-0.05, 0) is 51.2 Å². The maximum Gasteiger partial charge on any atom is 0.0664 e. The van der Waals surface area contributed by atoms with Crippen molar-refractivity contribution in [3.8, 4) is 0 Å². The molecule has 0 bridgehead atoms. The molecule has 19 heavy (non-hydrogen) atoms. The molecular weight excluding hydrogens is 238 g/mol. The summed E-state index contributed by atoms with van der Waals surface area (Å²) in [5, 5.41) is 3.53. The second-order valence-electron chi connectivity index (χ2n) is 5.17. The second-order valence-corrected chi connectivity index (χ2v) is 5.17. The average Bonchev–Trinajstić information content (AvgIpc) is 2.36. The van der Waals surface area contributed by atoms with Crippen molar-refractivity contribution < 1.29 is 4.74 Å². The van der Waals surface area contributed by atoms with Crippen molar-refractivity contribution in [1.82, 2.24) is 4.90 Å². The van der Waals surface area contributed by atoms with Gasteiger partial charge in [0.15, 0.2) is 0 Å². The van der Waals surface area contributed by atoms with Gasteiger partial charge in [-0.3, -0.25) is 0 Å². The van der Waals surface area contributed by atoms with Crippen LogP contribution in [-0.4, -0.2) is 45.3 Å². The zero-order valence-electron chi connectivity index (χ0n) is 12.4. The van der Waals surface area contributed by atoms with Crippen LogP contribution in [0.25, 0.3) is 0 Å². The Morgan fingerprint density at radius 2 is 2.16 bits per heavy atom. The molecule has 108 valence electrons. The lowest BCUT2D eigenvalue weighted by Gasteiger charge is -2.20. The van der Waals surface area contributed by atoms with Gasteiger partial charge in [-0.2, -0.15) is 0 Å². The lowest BCUT2D eigenvalue weighted by molar-refractivity contribution is 0.182. The van der Waals surface area contributed by atoms with Gasteiger partial charge in [-0.15, -0.1) is 0 Å². The SMILES string of the molecule is COCC(CCCN)Nc1cccc(CN(C)C)c1. The molecule has 0 aliphatic heterocycles. The van der Waals surface area contributed by atoms with E-state index in [2.05, 4.69) is 48.6 Å². The Kier molecular flexibility index (Phi) is 7.48. The summed E-state index contributed by atoms with van der Waals surface area (Å²) in [5.41, 5.74) is 8.03. The molecule has 0 aliphatic carbocycles. The van der Waals surface area contributed by atoms with E-state index in [1.54, 1.807) is 7.11 Å². The van der Waals surface area contributed by atoms with Crippen molar-refractivity contribution >= 4 is 5.69 Å². The molecule has 1 atom stereocenters. The molecule has 0 saturated carbocycles. The number of rotatable bonds is 9. The molecule has 1 rings (SSSR count). The van der Waals surface area contributed by atoms with Crippen LogP contribution >= 0.6 is 0 Å². The van der Waals surface area contributed by atoms with E-state index in [-0.39, 0.29) is 0 Å². The lowest BCUT2D eigenvalue weighted by Crippen LogP contribution is -2.26. The number of nitrogens with zero attached hydrogens (tertiary/aromatic N) is 1. The summed E-state index contributed by atoms with van der Waals surface area (Å²) in [6.45, 7) is 2.38. The van der Waals surface area contributed by atoms with E-state index in [1.807, 2.05) is 0 Å². The number of nitrogens with one attached hydrogen (secondary N) is 1. The molecule has 0 fully saturated rings. The lowest BCUT2D eigenvalue weighted by atomic mass is 10.1. The highest BCUT2D eigenvalue weighted by Gasteiger charge is 2.08. The third-order valence-electron chi connectivity index (χ3n) is 2.92. The molecule has 0 saturated heterocycles.